The molecule has 3 aromatic rings. The molecule has 146 valence electrons. The highest BCUT2D eigenvalue weighted by Crippen LogP contribution is 2.29. The molecule has 0 aromatic heterocycles. The summed E-state index contributed by atoms with van der Waals surface area (Å²) in [5.74, 6) is -0.391. The number of amides is 1. The van der Waals surface area contributed by atoms with Gasteiger partial charge in [0.15, 0.2) is 0 Å². The summed E-state index contributed by atoms with van der Waals surface area (Å²) < 4.78 is 13.4. The summed E-state index contributed by atoms with van der Waals surface area (Å²) in [4.78, 5) is 13.6. The molecule has 1 unspecified atom stereocenters. The van der Waals surface area contributed by atoms with Crippen LogP contribution in [0, 0.1) is 17.1 Å². The highest BCUT2D eigenvalue weighted by atomic mass is 32.2. The molecular weight excluding hydrogens is 383 g/mol. The Morgan fingerprint density at radius 1 is 1.00 bits per heavy atom. The number of nitrogens with one attached hydrogen (secondary N) is 1. The number of nitrogens with zero attached hydrogens (tertiary/aromatic N) is 1. The van der Waals surface area contributed by atoms with Crippen LogP contribution in [0.15, 0.2) is 77.7 Å². The van der Waals surface area contributed by atoms with Gasteiger partial charge in [-0.2, -0.15) is 5.26 Å². The summed E-state index contributed by atoms with van der Waals surface area (Å²) in [6.07, 6.45) is 2.72. The van der Waals surface area contributed by atoms with Gasteiger partial charge >= 0.3 is 0 Å². The van der Waals surface area contributed by atoms with Crippen LogP contribution in [0.2, 0.25) is 0 Å². The van der Waals surface area contributed by atoms with E-state index in [1.165, 1.54) is 17.0 Å². The van der Waals surface area contributed by atoms with Crippen LogP contribution in [0.1, 0.15) is 39.4 Å². The molecule has 1 amide bonds. The molecule has 3 nitrogen and oxygen atoms in total. The maximum atomic E-state index is 13.4. The smallest absolute Gasteiger partial charge is 0.251 e. The molecule has 3 aromatic carbocycles. The molecule has 0 saturated heterocycles. The monoisotopic (exact) mass is 404 g/mol. The van der Waals surface area contributed by atoms with Crippen LogP contribution in [0.25, 0.3) is 0 Å². The number of benzene rings is 3. The molecule has 0 heterocycles. The second kappa shape index (κ2) is 9.90. The van der Waals surface area contributed by atoms with Crippen molar-refractivity contribution in [2.45, 2.75) is 17.2 Å². The van der Waals surface area contributed by atoms with E-state index in [9.17, 15) is 9.18 Å². The first-order valence-corrected chi connectivity index (χ1v) is 10.5. The van der Waals surface area contributed by atoms with Crippen molar-refractivity contribution in [3.05, 3.63) is 101 Å². The zero-order chi connectivity index (χ0) is 20.6. The van der Waals surface area contributed by atoms with Crippen LogP contribution in [0.3, 0.4) is 0 Å². The molecular formula is C24H21FN2OS. The number of carbonyl (C=O) groups excluding carboxylic acids is 1. The average Bonchev–Trinajstić information content (AvgIpc) is 2.77. The molecule has 0 aliphatic carbocycles. The molecule has 5 heteroatoms. The van der Waals surface area contributed by atoms with Gasteiger partial charge in [0, 0.05) is 22.9 Å². The van der Waals surface area contributed by atoms with E-state index < -0.39 is 0 Å². The number of nitriles is 1. The number of hydrogen-bond donors (Lipinski definition) is 1. The normalized spacial score (nSPS) is 11.5. The van der Waals surface area contributed by atoms with Crippen molar-refractivity contribution in [2.24, 2.45) is 0 Å². The SMILES string of the molecule is CSc1ccc(C(CCNC(=O)c2ccc(C#N)cc2)c2ccc(F)cc2)cc1. The second-order valence-electron chi connectivity index (χ2n) is 6.61. The van der Waals surface area contributed by atoms with Crippen LogP contribution >= 0.6 is 11.8 Å². The van der Waals surface area contributed by atoms with Crippen molar-refractivity contribution in [1.82, 2.24) is 5.32 Å². The molecule has 0 bridgehead atoms. The number of hydrogen-bond acceptors (Lipinski definition) is 3. The summed E-state index contributed by atoms with van der Waals surface area (Å²) >= 11 is 1.68. The van der Waals surface area contributed by atoms with E-state index in [1.807, 2.05) is 12.3 Å². The summed E-state index contributed by atoms with van der Waals surface area (Å²) in [5.41, 5.74) is 3.18. The quantitative estimate of drug-likeness (QED) is 0.539. The molecule has 29 heavy (non-hydrogen) atoms. The molecule has 1 N–H and O–H groups in total. The Kier molecular flexibility index (Phi) is 7.04. The molecule has 0 aliphatic rings. The zero-order valence-corrected chi connectivity index (χ0v) is 16.9. The van der Waals surface area contributed by atoms with Gasteiger partial charge in [-0.3, -0.25) is 4.79 Å². The van der Waals surface area contributed by atoms with Gasteiger partial charge in [-0.15, -0.1) is 11.8 Å². The third-order valence-corrected chi connectivity index (χ3v) is 5.53. The van der Waals surface area contributed by atoms with E-state index in [2.05, 4.69) is 29.6 Å². The summed E-state index contributed by atoms with van der Waals surface area (Å²) in [6.45, 7) is 0.477. The van der Waals surface area contributed by atoms with Crippen molar-refractivity contribution in [2.75, 3.05) is 12.8 Å². The minimum Gasteiger partial charge on any atom is -0.352 e. The van der Waals surface area contributed by atoms with Gasteiger partial charge in [-0.25, -0.2) is 4.39 Å². The van der Waals surface area contributed by atoms with Crippen molar-refractivity contribution >= 4 is 17.7 Å². The fourth-order valence-corrected chi connectivity index (χ4v) is 3.59. The maximum Gasteiger partial charge on any atom is 0.251 e. The molecule has 0 aliphatic heterocycles. The molecule has 0 radical (unpaired) electrons. The minimum absolute atomic E-state index is 0.0489. The fraction of sp³-hybridized carbons (Fsp3) is 0.167. The lowest BCUT2D eigenvalue weighted by Gasteiger charge is -2.19. The molecule has 3 rings (SSSR count). The standard InChI is InChI=1S/C24H21FN2OS/c1-29-22-12-8-19(9-13-22)23(18-6-10-21(25)11-7-18)14-15-27-24(28)20-4-2-17(16-26)3-5-20/h2-13,23H,14-15H2,1H3,(H,27,28). The zero-order valence-electron chi connectivity index (χ0n) is 16.1. The van der Waals surface area contributed by atoms with E-state index in [0.29, 0.717) is 24.1 Å². The Balaban J connectivity index is 1.71. The highest BCUT2D eigenvalue weighted by molar-refractivity contribution is 7.98. The lowest BCUT2D eigenvalue weighted by molar-refractivity contribution is 0.0953. The van der Waals surface area contributed by atoms with Gasteiger partial charge < -0.3 is 5.32 Å². The van der Waals surface area contributed by atoms with E-state index in [1.54, 1.807) is 48.2 Å². The van der Waals surface area contributed by atoms with Crippen LogP contribution in [-0.2, 0) is 0 Å². The van der Waals surface area contributed by atoms with Gasteiger partial charge in [0.2, 0.25) is 0 Å². The van der Waals surface area contributed by atoms with Crippen LogP contribution < -0.4 is 5.32 Å². The Morgan fingerprint density at radius 2 is 1.59 bits per heavy atom. The Labute approximate surface area is 174 Å². The van der Waals surface area contributed by atoms with Gasteiger partial charge in [-0.05, 0) is 72.3 Å². The van der Waals surface area contributed by atoms with Gasteiger partial charge in [0.25, 0.3) is 5.91 Å². The van der Waals surface area contributed by atoms with Crippen molar-refractivity contribution in [1.29, 1.82) is 5.26 Å². The fourth-order valence-electron chi connectivity index (χ4n) is 3.19. The van der Waals surface area contributed by atoms with Gasteiger partial charge in [-0.1, -0.05) is 24.3 Å². The summed E-state index contributed by atoms with van der Waals surface area (Å²) in [6, 6.07) is 23.4. The molecule has 1 atom stereocenters. The molecule has 0 saturated carbocycles. The predicted octanol–water partition coefficient (Wildman–Crippen LogP) is 5.37. The largest absolute Gasteiger partial charge is 0.352 e. The minimum atomic E-state index is -0.264. The average molecular weight is 405 g/mol. The van der Waals surface area contributed by atoms with Crippen LogP contribution in [0.4, 0.5) is 4.39 Å². The second-order valence-corrected chi connectivity index (χ2v) is 7.49. The molecule has 0 fully saturated rings. The number of halogens is 1. The van der Waals surface area contributed by atoms with Gasteiger partial charge in [0.05, 0.1) is 11.6 Å². The lowest BCUT2D eigenvalue weighted by Crippen LogP contribution is -2.25. The Morgan fingerprint density at radius 3 is 2.14 bits per heavy atom. The topological polar surface area (TPSA) is 52.9 Å². The predicted molar refractivity (Wildman–Crippen MR) is 115 cm³/mol. The highest BCUT2D eigenvalue weighted by Gasteiger charge is 2.15. The van der Waals surface area contributed by atoms with Crippen molar-refractivity contribution in [3.8, 4) is 6.07 Å². The maximum absolute atomic E-state index is 13.4. The first kappa shape index (κ1) is 20.6. The van der Waals surface area contributed by atoms with E-state index in [0.717, 1.165) is 11.1 Å². The van der Waals surface area contributed by atoms with Gasteiger partial charge in [0.1, 0.15) is 5.82 Å². The summed E-state index contributed by atoms with van der Waals surface area (Å²) in [7, 11) is 0. The lowest BCUT2D eigenvalue weighted by atomic mass is 9.88. The first-order chi connectivity index (χ1) is 14.1. The number of carbonyl (C=O) groups is 1. The van der Waals surface area contributed by atoms with Crippen LogP contribution in [0.5, 0.6) is 0 Å². The van der Waals surface area contributed by atoms with Crippen molar-refractivity contribution < 1.29 is 9.18 Å². The van der Waals surface area contributed by atoms with E-state index >= 15 is 0 Å². The number of thioether (sulfide) groups is 1. The summed E-state index contributed by atoms with van der Waals surface area (Å²) in [5, 5.41) is 11.8. The molecule has 0 spiro atoms. The Bertz CT molecular complexity index is 993. The third-order valence-electron chi connectivity index (χ3n) is 4.79. The van der Waals surface area contributed by atoms with Crippen LogP contribution in [-0.4, -0.2) is 18.7 Å². The third kappa shape index (κ3) is 5.46. The first-order valence-electron chi connectivity index (χ1n) is 9.28. The number of rotatable bonds is 7. The van der Waals surface area contributed by atoms with E-state index in [-0.39, 0.29) is 17.6 Å². The Hall–Kier alpha value is -3.10. The van der Waals surface area contributed by atoms with E-state index in [4.69, 9.17) is 5.26 Å². The van der Waals surface area contributed by atoms with Crippen molar-refractivity contribution in [3.63, 3.8) is 0 Å².